The van der Waals surface area contributed by atoms with E-state index < -0.39 is 0 Å². The van der Waals surface area contributed by atoms with Crippen molar-refractivity contribution in [2.75, 3.05) is 6.61 Å². The lowest BCUT2D eigenvalue weighted by atomic mass is 9.85. The molecule has 0 aromatic heterocycles. The van der Waals surface area contributed by atoms with Gasteiger partial charge < -0.3 is 4.74 Å². The maximum Gasteiger partial charge on any atom is 0.119 e. The van der Waals surface area contributed by atoms with Crippen LogP contribution in [0, 0.1) is 12.3 Å². The van der Waals surface area contributed by atoms with Crippen LogP contribution in [0.25, 0.3) is 11.1 Å². The molecule has 1 heteroatoms. The molecule has 127 valence electrons. The van der Waals surface area contributed by atoms with Crippen molar-refractivity contribution in [3.8, 4) is 16.9 Å². The third kappa shape index (κ3) is 4.87. The second-order valence-electron chi connectivity index (χ2n) is 6.92. The van der Waals surface area contributed by atoms with Crippen molar-refractivity contribution >= 4 is 0 Å². The smallest absolute Gasteiger partial charge is 0.119 e. The SMILES string of the molecule is CCCOc1ccc(-c2ccc(CCC3CC[CH]CC3)cc2)cc1. The topological polar surface area (TPSA) is 9.23 Å². The average Bonchev–Trinajstić information content (AvgIpc) is 2.66. The number of aryl methyl sites for hydroxylation is 1. The van der Waals surface area contributed by atoms with E-state index in [1.807, 2.05) is 0 Å². The monoisotopic (exact) mass is 321 g/mol. The van der Waals surface area contributed by atoms with Gasteiger partial charge in [-0.15, -0.1) is 0 Å². The lowest BCUT2D eigenvalue weighted by molar-refractivity contribution is 0.317. The van der Waals surface area contributed by atoms with E-state index in [0.717, 1.165) is 24.7 Å². The molecule has 1 aliphatic rings. The third-order valence-corrected chi connectivity index (χ3v) is 5.01. The Morgan fingerprint density at radius 2 is 1.50 bits per heavy atom. The highest BCUT2D eigenvalue weighted by molar-refractivity contribution is 5.64. The second kappa shape index (κ2) is 8.92. The molecule has 0 heterocycles. The zero-order valence-electron chi connectivity index (χ0n) is 14.8. The van der Waals surface area contributed by atoms with Gasteiger partial charge in [-0.25, -0.2) is 0 Å². The Labute approximate surface area is 147 Å². The number of ether oxygens (including phenoxy) is 1. The maximum absolute atomic E-state index is 5.65. The Morgan fingerprint density at radius 1 is 0.875 bits per heavy atom. The normalized spacial score (nSPS) is 15.4. The summed E-state index contributed by atoms with van der Waals surface area (Å²) in [6.07, 6.45) is 11.5. The summed E-state index contributed by atoms with van der Waals surface area (Å²) in [5.74, 6) is 1.90. The van der Waals surface area contributed by atoms with Gasteiger partial charge in [-0.3, -0.25) is 0 Å². The molecule has 0 aliphatic heterocycles. The lowest BCUT2D eigenvalue weighted by Gasteiger charge is -2.21. The van der Waals surface area contributed by atoms with Crippen molar-refractivity contribution in [3.05, 3.63) is 60.5 Å². The summed E-state index contributed by atoms with van der Waals surface area (Å²) in [4.78, 5) is 0. The minimum Gasteiger partial charge on any atom is -0.494 e. The fourth-order valence-corrected chi connectivity index (χ4v) is 3.48. The minimum atomic E-state index is 0.785. The molecule has 0 N–H and O–H groups in total. The van der Waals surface area contributed by atoms with Crippen molar-refractivity contribution in [1.82, 2.24) is 0 Å². The molecule has 0 bridgehead atoms. The van der Waals surface area contributed by atoms with Crippen molar-refractivity contribution in [2.24, 2.45) is 5.92 Å². The van der Waals surface area contributed by atoms with Crippen LogP contribution >= 0.6 is 0 Å². The second-order valence-corrected chi connectivity index (χ2v) is 6.92. The molecule has 3 rings (SSSR count). The van der Waals surface area contributed by atoms with Crippen LogP contribution in [0.5, 0.6) is 5.75 Å². The van der Waals surface area contributed by atoms with Gasteiger partial charge in [0.1, 0.15) is 5.75 Å². The molecule has 0 unspecified atom stereocenters. The first kappa shape index (κ1) is 17.1. The Kier molecular flexibility index (Phi) is 6.34. The van der Waals surface area contributed by atoms with E-state index in [2.05, 4.69) is 61.9 Å². The van der Waals surface area contributed by atoms with Gasteiger partial charge in [0.15, 0.2) is 0 Å². The van der Waals surface area contributed by atoms with Gasteiger partial charge in [0.25, 0.3) is 0 Å². The molecule has 1 radical (unpaired) electrons. The highest BCUT2D eigenvalue weighted by Gasteiger charge is 2.13. The van der Waals surface area contributed by atoms with Gasteiger partial charge in [0, 0.05) is 0 Å². The zero-order valence-corrected chi connectivity index (χ0v) is 14.8. The molecule has 24 heavy (non-hydrogen) atoms. The summed E-state index contributed by atoms with van der Waals surface area (Å²) in [7, 11) is 0. The van der Waals surface area contributed by atoms with E-state index in [1.165, 1.54) is 55.2 Å². The van der Waals surface area contributed by atoms with E-state index >= 15 is 0 Å². The Morgan fingerprint density at radius 3 is 2.12 bits per heavy atom. The molecule has 1 fully saturated rings. The molecule has 0 atom stereocenters. The fourth-order valence-electron chi connectivity index (χ4n) is 3.48. The predicted molar refractivity (Wildman–Crippen MR) is 102 cm³/mol. The number of hydrogen-bond acceptors (Lipinski definition) is 1. The van der Waals surface area contributed by atoms with Crippen molar-refractivity contribution < 1.29 is 4.74 Å². The first-order valence-corrected chi connectivity index (χ1v) is 9.49. The van der Waals surface area contributed by atoms with Crippen molar-refractivity contribution in [2.45, 2.75) is 51.9 Å². The first-order chi connectivity index (χ1) is 11.8. The number of hydrogen-bond donors (Lipinski definition) is 0. The standard InChI is InChI=1S/C23H29O/c1-2-18-24-23-16-14-22(15-17-23)21-12-10-20(11-13-21)9-8-19-6-4-3-5-7-19/h3,10-17,19H,2,4-9,18H2,1H3. The van der Waals surface area contributed by atoms with Gasteiger partial charge in [-0.05, 0) is 73.3 Å². The fraction of sp³-hybridized carbons (Fsp3) is 0.435. The third-order valence-electron chi connectivity index (χ3n) is 5.01. The summed E-state index contributed by atoms with van der Waals surface area (Å²) >= 11 is 0. The van der Waals surface area contributed by atoms with E-state index in [4.69, 9.17) is 4.74 Å². The van der Waals surface area contributed by atoms with Gasteiger partial charge in [0.05, 0.1) is 6.61 Å². The molecule has 1 aliphatic carbocycles. The highest BCUT2D eigenvalue weighted by atomic mass is 16.5. The van der Waals surface area contributed by atoms with Crippen LogP contribution < -0.4 is 4.74 Å². The van der Waals surface area contributed by atoms with Gasteiger partial charge in [-0.2, -0.15) is 0 Å². The summed E-state index contributed by atoms with van der Waals surface area (Å²) in [6, 6.07) is 17.5. The summed E-state index contributed by atoms with van der Waals surface area (Å²) in [6.45, 7) is 2.91. The Bertz CT molecular complexity index is 591. The van der Waals surface area contributed by atoms with Crippen molar-refractivity contribution in [3.63, 3.8) is 0 Å². The molecule has 2 aromatic rings. The minimum absolute atomic E-state index is 0.785. The lowest BCUT2D eigenvalue weighted by Crippen LogP contribution is -2.07. The Balaban J connectivity index is 1.55. The van der Waals surface area contributed by atoms with Crippen molar-refractivity contribution in [1.29, 1.82) is 0 Å². The van der Waals surface area contributed by atoms with Crippen LogP contribution in [0.15, 0.2) is 48.5 Å². The maximum atomic E-state index is 5.65. The van der Waals surface area contributed by atoms with Crippen LogP contribution in [-0.2, 0) is 6.42 Å². The van der Waals surface area contributed by atoms with Crippen LogP contribution in [0.1, 0.15) is 51.0 Å². The summed E-state index contributed by atoms with van der Waals surface area (Å²) in [5, 5.41) is 0. The van der Waals surface area contributed by atoms with E-state index in [9.17, 15) is 0 Å². The number of benzene rings is 2. The zero-order chi connectivity index (χ0) is 16.6. The molecule has 0 saturated heterocycles. The predicted octanol–water partition coefficient (Wildman–Crippen LogP) is 6.47. The summed E-state index contributed by atoms with van der Waals surface area (Å²) in [5.41, 5.74) is 4.01. The molecular formula is C23H29O. The molecular weight excluding hydrogens is 292 g/mol. The van der Waals surface area contributed by atoms with Crippen LogP contribution in [0.3, 0.4) is 0 Å². The van der Waals surface area contributed by atoms with Gasteiger partial charge >= 0.3 is 0 Å². The first-order valence-electron chi connectivity index (χ1n) is 9.49. The van der Waals surface area contributed by atoms with Gasteiger partial charge in [0.2, 0.25) is 0 Å². The van der Waals surface area contributed by atoms with Crippen LogP contribution in [0.4, 0.5) is 0 Å². The molecule has 1 saturated carbocycles. The van der Waals surface area contributed by atoms with E-state index in [-0.39, 0.29) is 0 Å². The largest absolute Gasteiger partial charge is 0.494 e. The van der Waals surface area contributed by atoms with Gasteiger partial charge in [-0.1, -0.05) is 56.2 Å². The van der Waals surface area contributed by atoms with E-state index in [1.54, 1.807) is 0 Å². The molecule has 2 aromatic carbocycles. The van der Waals surface area contributed by atoms with E-state index in [0.29, 0.717) is 0 Å². The molecule has 0 spiro atoms. The Hall–Kier alpha value is -1.76. The summed E-state index contributed by atoms with van der Waals surface area (Å²) < 4.78 is 5.65. The molecule has 1 nitrogen and oxygen atoms in total. The van der Waals surface area contributed by atoms with Crippen LogP contribution in [0.2, 0.25) is 0 Å². The average molecular weight is 321 g/mol. The molecule has 0 amide bonds. The highest BCUT2D eigenvalue weighted by Crippen LogP contribution is 2.28. The van der Waals surface area contributed by atoms with Crippen LogP contribution in [-0.4, -0.2) is 6.61 Å². The number of rotatable bonds is 7. The quantitative estimate of drug-likeness (QED) is 0.568.